The van der Waals surface area contributed by atoms with Crippen LogP contribution in [0.25, 0.3) is 11.6 Å². The van der Waals surface area contributed by atoms with Gasteiger partial charge in [0.25, 0.3) is 5.91 Å². The number of amides is 2. The third kappa shape index (κ3) is 6.12. The number of ether oxygens (including phenoxy) is 1. The summed E-state index contributed by atoms with van der Waals surface area (Å²) < 4.78 is 14.9. The van der Waals surface area contributed by atoms with Crippen LogP contribution in [0.15, 0.2) is 24.3 Å². The number of para-hydroxylation sites is 1. The standard InChI is InChI=1S/C25H32N4O3.CH3F/c1-18-19(2)24(16-21-20-6-3-4-7-23(20)27-25(21)31)26-22(18)8-5-9-29(17-30)11-10-28-12-14-32-15-13-28;1-2/h3-4,6-7,16-17,26H,5,8-15H2,1-2H3,(H,27,31);1H3/b21-16-;. The van der Waals surface area contributed by atoms with E-state index in [9.17, 15) is 14.0 Å². The largest absolute Gasteiger partial charge is 0.379 e. The first-order valence-electron chi connectivity index (χ1n) is 11.7. The molecule has 0 aliphatic carbocycles. The second-order valence-corrected chi connectivity index (χ2v) is 8.52. The molecule has 7 nitrogen and oxygen atoms in total. The first-order valence-corrected chi connectivity index (χ1v) is 11.7. The van der Waals surface area contributed by atoms with Gasteiger partial charge in [-0.05, 0) is 50.0 Å². The zero-order chi connectivity index (χ0) is 24.5. The van der Waals surface area contributed by atoms with E-state index in [-0.39, 0.29) is 5.91 Å². The molecule has 1 aromatic heterocycles. The summed E-state index contributed by atoms with van der Waals surface area (Å²) >= 11 is 0. The van der Waals surface area contributed by atoms with Crippen LogP contribution in [-0.2, 0) is 20.7 Å². The number of aryl methyl sites for hydroxylation is 1. The van der Waals surface area contributed by atoms with Gasteiger partial charge in [-0.15, -0.1) is 0 Å². The van der Waals surface area contributed by atoms with Crippen molar-refractivity contribution in [1.82, 2.24) is 14.8 Å². The second kappa shape index (κ2) is 12.5. The van der Waals surface area contributed by atoms with Crippen LogP contribution in [0.1, 0.15) is 34.5 Å². The quantitative estimate of drug-likeness (QED) is 0.435. The van der Waals surface area contributed by atoms with Crippen molar-refractivity contribution in [2.45, 2.75) is 26.7 Å². The fraction of sp³-hybridized carbons (Fsp3) is 0.462. The molecule has 0 saturated carbocycles. The van der Waals surface area contributed by atoms with E-state index in [0.29, 0.717) is 12.8 Å². The number of carbonyl (C=O) groups excluding carboxylic acids is 2. The lowest BCUT2D eigenvalue weighted by atomic mass is 10.0. The summed E-state index contributed by atoms with van der Waals surface area (Å²) in [6, 6.07) is 7.76. The van der Waals surface area contributed by atoms with Gasteiger partial charge in [0.15, 0.2) is 0 Å². The van der Waals surface area contributed by atoms with Gasteiger partial charge in [-0.25, -0.2) is 0 Å². The minimum atomic E-state index is -0.0682. The van der Waals surface area contributed by atoms with E-state index in [0.717, 1.165) is 87.7 Å². The van der Waals surface area contributed by atoms with Crippen LogP contribution < -0.4 is 5.32 Å². The van der Waals surface area contributed by atoms with Crippen molar-refractivity contribution in [2.75, 3.05) is 58.4 Å². The lowest BCUT2D eigenvalue weighted by Gasteiger charge is -2.28. The van der Waals surface area contributed by atoms with Crippen LogP contribution in [-0.4, -0.2) is 80.2 Å². The van der Waals surface area contributed by atoms with Gasteiger partial charge >= 0.3 is 0 Å². The van der Waals surface area contributed by atoms with E-state index < -0.39 is 0 Å². The summed E-state index contributed by atoms with van der Waals surface area (Å²) in [5, 5.41) is 2.93. The normalized spacial score (nSPS) is 16.6. The van der Waals surface area contributed by atoms with Crippen LogP contribution >= 0.6 is 0 Å². The number of aromatic nitrogens is 1. The molecule has 1 aromatic carbocycles. The molecule has 2 aliphatic heterocycles. The summed E-state index contributed by atoms with van der Waals surface area (Å²) in [5.41, 5.74) is 6.99. The first-order chi connectivity index (χ1) is 16.6. The Bertz CT molecular complexity index is 1010. The number of nitrogens with one attached hydrogen (secondary N) is 2. The van der Waals surface area contributed by atoms with Crippen molar-refractivity contribution in [3.8, 4) is 0 Å². The van der Waals surface area contributed by atoms with Gasteiger partial charge in [-0.2, -0.15) is 0 Å². The fourth-order valence-electron chi connectivity index (χ4n) is 4.37. The van der Waals surface area contributed by atoms with Gasteiger partial charge in [0.1, 0.15) is 0 Å². The number of H-pyrrole nitrogens is 1. The molecule has 184 valence electrons. The zero-order valence-corrected chi connectivity index (χ0v) is 20.3. The number of rotatable bonds is 9. The van der Waals surface area contributed by atoms with Crippen LogP contribution in [0.3, 0.4) is 0 Å². The average molecular weight is 471 g/mol. The summed E-state index contributed by atoms with van der Waals surface area (Å²) in [5.74, 6) is -0.0682. The Hall–Kier alpha value is -2.97. The van der Waals surface area contributed by atoms with E-state index in [1.54, 1.807) is 0 Å². The van der Waals surface area contributed by atoms with Crippen LogP contribution in [0.4, 0.5) is 10.1 Å². The topological polar surface area (TPSA) is 77.7 Å². The van der Waals surface area contributed by atoms with Gasteiger partial charge < -0.3 is 19.9 Å². The highest BCUT2D eigenvalue weighted by atomic mass is 19.1. The molecular formula is C26H35FN4O3. The van der Waals surface area contributed by atoms with Gasteiger partial charge in [-0.3, -0.25) is 18.9 Å². The van der Waals surface area contributed by atoms with Crippen molar-refractivity contribution in [2.24, 2.45) is 0 Å². The molecular weight excluding hydrogens is 435 g/mol. The molecule has 3 heterocycles. The number of benzene rings is 1. The smallest absolute Gasteiger partial charge is 0.256 e. The number of nitrogens with zero attached hydrogens (tertiary/aromatic N) is 2. The predicted octanol–water partition coefficient (Wildman–Crippen LogP) is 3.43. The summed E-state index contributed by atoms with van der Waals surface area (Å²) in [6.45, 7) is 10.0. The van der Waals surface area contributed by atoms with Crippen LogP contribution in [0.2, 0.25) is 0 Å². The molecule has 0 unspecified atom stereocenters. The van der Waals surface area contributed by atoms with E-state index in [2.05, 4.69) is 29.0 Å². The van der Waals surface area contributed by atoms with Gasteiger partial charge in [0.2, 0.25) is 6.41 Å². The Balaban J connectivity index is 0.00000158. The van der Waals surface area contributed by atoms with E-state index in [4.69, 9.17) is 4.74 Å². The molecule has 34 heavy (non-hydrogen) atoms. The number of aromatic amines is 1. The van der Waals surface area contributed by atoms with E-state index in [1.807, 2.05) is 35.2 Å². The Labute approximate surface area is 201 Å². The fourth-order valence-corrected chi connectivity index (χ4v) is 4.37. The Kier molecular flexibility index (Phi) is 9.42. The number of hydrogen-bond acceptors (Lipinski definition) is 4. The molecule has 2 N–H and O–H groups in total. The molecule has 4 rings (SSSR count). The Morgan fingerprint density at radius 2 is 1.85 bits per heavy atom. The van der Waals surface area contributed by atoms with Crippen molar-refractivity contribution in [3.05, 3.63) is 52.3 Å². The third-order valence-electron chi connectivity index (χ3n) is 6.53. The predicted molar refractivity (Wildman–Crippen MR) is 133 cm³/mol. The highest BCUT2D eigenvalue weighted by Crippen LogP contribution is 2.33. The van der Waals surface area contributed by atoms with Crippen molar-refractivity contribution in [3.63, 3.8) is 0 Å². The number of anilines is 1. The summed E-state index contributed by atoms with van der Waals surface area (Å²) in [7, 11) is 0.500. The van der Waals surface area contributed by atoms with Crippen LogP contribution in [0.5, 0.6) is 0 Å². The SMILES string of the molecule is CF.Cc1c(/C=C2\C(=O)Nc3ccccc32)[nH]c(CCCN(C=O)CCN2CCOCC2)c1C. The second-order valence-electron chi connectivity index (χ2n) is 8.52. The summed E-state index contributed by atoms with van der Waals surface area (Å²) in [6.07, 6.45) is 4.66. The van der Waals surface area contributed by atoms with Crippen molar-refractivity contribution in [1.29, 1.82) is 0 Å². The average Bonchev–Trinajstić information content (AvgIpc) is 3.33. The Morgan fingerprint density at radius 1 is 1.12 bits per heavy atom. The molecule has 0 spiro atoms. The van der Waals surface area contributed by atoms with Gasteiger partial charge in [0.05, 0.1) is 26.0 Å². The van der Waals surface area contributed by atoms with Crippen LogP contribution in [0, 0.1) is 13.8 Å². The minimum absolute atomic E-state index is 0.0682. The molecule has 2 amide bonds. The lowest BCUT2D eigenvalue weighted by Crippen LogP contribution is -2.41. The number of alkyl halides is 1. The maximum Gasteiger partial charge on any atom is 0.256 e. The van der Waals surface area contributed by atoms with E-state index >= 15 is 0 Å². The maximum atomic E-state index is 12.5. The molecule has 1 saturated heterocycles. The zero-order valence-electron chi connectivity index (χ0n) is 20.3. The molecule has 0 atom stereocenters. The number of carbonyl (C=O) groups is 2. The number of halogens is 1. The van der Waals surface area contributed by atoms with Crippen molar-refractivity contribution < 1.29 is 18.7 Å². The molecule has 1 fully saturated rings. The minimum Gasteiger partial charge on any atom is -0.379 e. The number of hydrogen-bond donors (Lipinski definition) is 2. The summed E-state index contributed by atoms with van der Waals surface area (Å²) in [4.78, 5) is 31.7. The maximum absolute atomic E-state index is 12.5. The lowest BCUT2D eigenvalue weighted by molar-refractivity contribution is -0.118. The number of fused-ring (bicyclic) bond motifs is 1. The number of morpholine rings is 1. The van der Waals surface area contributed by atoms with Crippen molar-refractivity contribution >= 4 is 29.7 Å². The highest BCUT2D eigenvalue weighted by Gasteiger charge is 2.24. The Morgan fingerprint density at radius 3 is 2.59 bits per heavy atom. The molecule has 2 aromatic rings. The molecule has 2 aliphatic rings. The third-order valence-corrected chi connectivity index (χ3v) is 6.53. The van der Waals surface area contributed by atoms with Gasteiger partial charge in [-0.1, -0.05) is 18.2 Å². The monoisotopic (exact) mass is 470 g/mol. The first kappa shape index (κ1) is 25.6. The van der Waals surface area contributed by atoms with E-state index in [1.165, 1.54) is 11.3 Å². The highest BCUT2D eigenvalue weighted by molar-refractivity contribution is 6.34. The molecule has 0 radical (unpaired) electrons. The molecule has 0 bridgehead atoms. The van der Waals surface area contributed by atoms with Gasteiger partial charge in [0, 0.05) is 55.4 Å². The molecule has 8 heteroatoms.